The first-order valence-corrected chi connectivity index (χ1v) is 7.17. The molecule has 0 aliphatic rings. The van der Waals surface area contributed by atoms with Crippen LogP contribution in [-0.4, -0.2) is 25.5 Å². The summed E-state index contributed by atoms with van der Waals surface area (Å²) in [5, 5.41) is 3.51. The van der Waals surface area contributed by atoms with Gasteiger partial charge in [-0.05, 0) is 43.3 Å². The predicted molar refractivity (Wildman–Crippen MR) is 87.2 cm³/mol. The molecule has 1 unspecified atom stereocenters. The molecule has 0 fully saturated rings. The lowest BCUT2D eigenvalue weighted by Gasteiger charge is -2.15. The monoisotopic (exact) mass is 268 g/mol. The molecule has 2 nitrogen and oxygen atoms in total. The van der Waals surface area contributed by atoms with E-state index in [1.54, 1.807) is 0 Å². The van der Waals surface area contributed by atoms with E-state index in [0.717, 1.165) is 13.1 Å². The van der Waals surface area contributed by atoms with E-state index in [1.165, 1.54) is 16.8 Å². The lowest BCUT2D eigenvalue weighted by molar-refractivity contribution is 0.402. The Bertz CT molecular complexity index is 503. The fourth-order valence-electron chi connectivity index (χ4n) is 2.26. The average molecular weight is 268 g/mol. The molecule has 0 heterocycles. The Labute approximate surface area is 122 Å². The molecule has 0 spiro atoms. The number of hydrogen-bond donors (Lipinski definition) is 1. The van der Waals surface area contributed by atoms with Gasteiger partial charge in [-0.25, -0.2) is 0 Å². The Morgan fingerprint density at radius 3 is 2.20 bits per heavy atom. The summed E-state index contributed by atoms with van der Waals surface area (Å²) in [7, 11) is 4.18. The number of hydrogen-bond acceptors (Lipinski definition) is 2. The largest absolute Gasteiger partial charge is 0.384 e. The molecule has 20 heavy (non-hydrogen) atoms. The van der Waals surface area contributed by atoms with Gasteiger partial charge < -0.3 is 10.2 Å². The summed E-state index contributed by atoms with van der Waals surface area (Å²) in [5.74, 6) is 0.512. The minimum absolute atomic E-state index is 0.512. The van der Waals surface area contributed by atoms with E-state index in [2.05, 4.69) is 85.8 Å². The molecule has 1 atom stereocenters. The highest BCUT2D eigenvalue weighted by atomic mass is 15.0. The van der Waals surface area contributed by atoms with Crippen LogP contribution in [-0.2, 0) is 6.54 Å². The van der Waals surface area contributed by atoms with Crippen LogP contribution in [0.25, 0.3) is 0 Å². The maximum absolute atomic E-state index is 3.51. The molecule has 2 aromatic carbocycles. The Hall–Kier alpha value is -1.80. The van der Waals surface area contributed by atoms with Crippen molar-refractivity contribution in [2.45, 2.75) is 19.4 Å². The molecule has 2 rings (SSSR count). The topological polar surface area (TPSA) is 15.3 Å². The van der Waals surface area contributed by atoms with E-state index in [0.29, 0.717) is 5.92 Å². The quantitative estimate of drug-likeness (QED) is 0.853. The fraction of sp³-hybridized carbons (Fsp3) is 0.333. The standard InChI is InChI=1S/C18H24N2/c1-15(17-7-5-4-6-8-17)13-19-18-11-9-16(10-12-18)14-20(2)3/h4-12,15,19H,13-14H2,1-3H3. The fourth-order valence-corrected chi connectivity index (χ4v) is 2.26. The molecule has 0 bridgehead atoms. The second kappa shape index (κ2) is 7.11. The molecule has 2 aromatic rings. The van der Waals surface area contributed by atoms with Crippen LogP contribution in [0.2, 0.25) is 0 Å². The molecule has 0 saturated heterocycles. The van der Waals surface area contributed by atoms with Gasteiger partial charge in [-0.15, -0.1) is 0 Å². The van der Waals surface area contributed by atoms with Crippen molar-refractivity contribution in [1.82, 2.24) is 4.90 Å². The molecule has 0 aromatic heterocycles. The van der Waals surface area contributed by atoms with E-state index < -0.39 is 0 Å². The SMILES string of the molecule is CC(CNc1ccc(CN(C)C)cc1)c1ccccc1. The summed E-state index contributed by atoms with van der Waals surface area (Å²) in [5.41, 5.74) is 3.91. The Kier molecular flexibility index (Phi) is 5.19. The van der Waals surface area contributed by atoms with Crippen molar-refractivity contribution >= 4 is 5.69 Å². The van der Waals surface area contributed by atoms with Gasteiger partial charge in [-0.2, -0.15) is 0 Å². The second-order valence-corrected chi connectivity index (χ2v) is 5.63. The minimum Gasteiger partial charge on any atom is -0.384 e. The van der Waals surface area contributed by atoms with Crippen LogP contribution in [0.4, 0.5) is 5.69 Å². The molecule has 0 aliphatic carbocycles. The summed E-state index contributed by atoms with van der Waals surface area (Å²) >= 11 is 0. The van der Waals surface area contributed by atoms with Gasteiger partial charge in [0, 0.05) is 18.8 Å². The molecule has 0 radical (unpaired) electrons. The Morgan fingerprint density at radius 1 is 0.950 bits per heavy atom. The first-order valence-electron chi connectivity index (χ1n) is 7.17. The third kappa shape index (κ3) is 4.39. The molecule has 0 aliphatic heterocycles. The molecular formula is C18H24N2. The molecule has 0 saturated carbocycles. The minimum atomic E-state index is 0.512. The second-order valence-electron chi connectivity index (χ2n) is 5.63. The summed E-state index contributed by atoms with van der Waals surface area (Å²) in [6, 6.07) is 19.3. The van der Waals surface area contributed by atoms with E-state index >= 15 is 0 Å². The van der Waals surface area contributed by atoms with Gasteiger partial charge in [0.2, 0.25) is 0 Å². The zero-order valence-electron chi connectivity index (χ0n) is 12.6. The molecule has 106 valence electrons. The van der Waals surface area contributed by atoms with Crippen molar-refractivity contribution in [2.24, 2.45) is 0 Å². The lowest BCUT2D eigenvalue weighted by atomic mass is 10.0. The predicted octanol–water partition coefficient (Wildman–Crippen LogP) is 3.96. The highest BCUT2D eigenvalue weighted by Crippen LogP contribution is 2.16. The van der Waals surface area contributed by atoms with Crippen LogP contribution < -0.4 is 5.32 Å². The maximum Gasteiger partial charge on any atom is 0.0340 e. The van der Waals surface area contributed by atoms with Gasteiger partial charge in [-0.3, -0.25) is 0 Å². The molecule has 2 heteroatoms. The van der Waals surface area contributed by atoms with Crippen molar-refractivity contribution < 1.29 is 0 Å². The zero-order chi connectivity index (χ0) is 14.4. The summed E-state index contributed by atoms with van der Waals surface area (Å²) in [4.78, 5) is 2.18. The van der Waals surface area contributed by atoms with Crippen molar-refractivity contribution in [3.05, 3.63) is 65.7 Å². The number of nitrogens with one attached hydrogen (secondary N) is 1. The van der Waals surface area contributed by atoms with Crippen LogP contribution in [0.1, 0.15) is 24.0 Å². The van der Waals surface area contributed by atoms with Gasteiger partial charge in [0.15, 0.2) is 0 Å². The summed E-state index contributed by atoms with van der Waals surface area (Å²) in [6.07, 6.45) is 0. The number of nitrogens with zero attached hydrogens (tertiary/aromatic N) is 1. The number of rotatable bonds is 6. The first kappa shape index (κ1) is 14.6. The molecular weight excluding hydrogens is 244 g/mol. The average Bonchev–Trinajstić information content (AvgIpc) is 2.46. The van der Waals surface area contributed by atoms with Gasteiger partial charge in [0.05, 0.1) is 0 Å². The maximum atomic E-state index is 3.51. The molecule has 1 N–H and O–H groups in total. The van der Waals surface area contributed by atoms with Crippen molar-refractivity contribution in [3.8, 4) is 0 Å². The van der Waals surface area contributed by atoms with E-state index in [1.807, 2.05) is 0 Å². The number of anilines is 1. The van der Waals surface area contributed by atoms with Crippen LogP contribution in [0.5, 0.6) is 0 Å². The van der Waals surface area contributed by atoms with Gasteiger partial charge >= 0.3 is 0 Å². The smallest absolute Gasteiger partial charge is 0.0340 e. The Morgan fingerprint density at radius 2 is 1.60 bits per heavy atom. The first-order chi connectivity index (χ1) is 9.65. The lowest BCUT2D eigenvalue weighted by Crippen LogP contribution is -2.11. The van der Waals surface area contributed by atoms with Crippen LogP contribution in [0.15, 0.2) is 54.6 Å². The van der Waals surface area contributed by atoms with Gasteiger partial charge in [0.25, 0.3) is 0 Å². The number of benzene rings is 2. The van der Waals surface area contributed by atoms with Gasteiger partial charge in [-0.1, -0.05) is 49.4 Å². The highest BCUT2D eigenvalue weighted by molar-refractivity contribution is 5.45. The van der Waals surface area contributed by atoms with E-state index in [-0.39, 0.29) is 0 Å². The van der Waals surface area contributed by atoms with E-state index in [4.69, 9.17) is 0 Å². The third-order valence-electron chi connectivity index (χ3n) is 3.43. The summed E-state index contributed by atoms with van der Waals surface area (Å²) < 4.78 is 0. The van der Waals surface area contributed by atoms with E-state index in [9.17, 15) is 0 Å². The van der Waals surface area contributed by atoms with Crippen molar-refractivity contribution in [1.29, 1.82) is 0 Å². The van der Waals surface area contributed by atoms with Crippen LogP contribution >= 0.6 is 0 Å². The normalized spacial score (nSPS) is 12.4. The Balaban J connectivity index is 1.88. The molecule has 0 amide bonds. The summed E-state index contributed by atoms with van der Waals surface area (Å²) in [6.45, 7) is 4.19. The zero-order valence-corrected chi connectivity index (χ0v) is 12.6. The third-order valence-corrected chi connectivity index (χ3v) is 3.43. The van der Waals surface area contributed by atoms with Crippen LogP contribution in [0, 0.1) is 0 Å². The van der Waals surface area contributed by atoms with Crippen molar-refractivity contribution in [2.75, 3.05) is 26.0 Å². The highest BCUT2D eigenvalue weighted by Gasteiger charge is 2.04. The van der Waals surface area contributed by atoms with Gasteiger partial charge in [0.1, 0.15) is 0 Å². The van der Waals surface area contributed by atoms with Crippen LogP contribution in [0.3, 0.4) is 0 Å². The van der Waals surface area contributed by atoms with Crippen molar-refractivity contribution in [3.63, 3.8) is 0 Å².